The lowest BCUT2D eigenvalue weighted by molar-refractivity contribution is -0.110. The van der Waals surface area contributed by atoms with Crippen LogP contribution in [0.25, 0.3) is 0 Å². The van der Waals surface area contributed by atoms with Crippen LogP contribution in [0.3, 0.4) is 0 Å². The first-order valence-corrected chi connectivity index (χ1v) is 8.44. The molecule has 0 unspecified atom stereocenters. The van der Waals surface area contributed by atoms with E-state index in [4.69, 9.17) is 11.5 Å². The highest BCUT2D eigenvalue weighted by atomic mass is 16.3. The molecule has 5 N–H and O–H groups in total. The summed E-state index contributed by atoms with van der Waals surface area (Å²) < 4.78 is 0. The number of nitrogens with two attached hydrogens (primary N) is 2. The van der Waals surface area contributed by atoms with E-state index < -0.39 is 0 Å². The molecule has 132 valence electrons. The van der Waals surface area contributed by atoms with E-state index in [9.17, 15) is 9.90 Å². The molecule has 2 aromatic rings. The van der Waals surface area contributed by atoms with Gasteiger partial charge in [-0.05, 0) is 54.5 Å². The predicted molar refractivity (Wildman–Crippen MR) is 106 cm³/mol. The van der Waals surface area contributed by atoms with E-state index in [2.05, 4.69) is 4.99 Å². The largest absolute Gasteiger partial charge is 0.507 e. The Balaban J connectivity index is 1.99. The molecule has 0 radical (unpaired) electrons. The van der Waals surface area contributed by atoms with Gasteiger partial charge in [-0.3, -0.25) is 4.79 Å². The molecule has 0 atom stereocenters. The van der Waals surface area contributed by atoms with Crippen LogP contribution in [-0.2, 0) is 11.2 Å². The van der Waals surface area contributed by atoms with Gasteiger partial charge in [0.05, 0.1) is 5.69 Å². The van der Waals surface area contributed by atoms with Gasteiger partial charge in [0, 0.05) is 28.9 Å². The maximum Gasteiger partial charge on any atom is 0.211 e. The Morgan fingerprint density at radius 2 is 1.54 bits per heavy atom. The summed E-state index contributed by atoms with van der Waals surface area (Å²) in [6, 6.07) is 14.4. The van der Waals surface area contributed by atoms with Crippen molar-refractivity contribution < 1.29 is 9.90 Å². The maximum atomic E-state index is 12.6. The Labute approximate surface area is 152 Å². The molecule has 0 bridgehead atoms. The molecule has 26 heavy (non-hydrogen) atoms. The van der Waals surface area contributed by atoms with Crippen molar-refractivity contribution in [3.8, 4) is 0 Å². The minimum atomic E-state index is -0.247. The van der Waals surface area contributed by atoms with Gasteiger partial charge in [-0.25, -0.2) is 4.99 Å². The average molecular weight is 347 g/mol. The number of aliphatic hydroxyl groups is 1. The molecule has 0 saturated heterocycles. The molecule has 3 rings (SSSR count). The highest BCUT2D eigenvalue weighted by Gasteiger charge is 2.26. The second-order valence-corrected chi connectivity index (χ2v) is 6.19. The Hall–Kier alpha value is -3.34. The lowest BCUT2D eigenvalue weighted by Crippen LogP contribution is -2.22. The normalized spacial score (nSPS) is 16.1. The Morgan fingerprint density at radius 1 is 0.962 bits per heavy atom. The van der Waals surface area contributed by atoms with E-state index in [0.29, 0.717) is 46.8 Å². The molecule has 1 aliphatic carbocycles. The summed E-state index contributed by atoms with van der Waals surface area (Å²) in [6.07, 6.45) is 2.58. The standard InChI is InChI=1S/C21H21N3O2/c1-2-18-20(25)14(11-13-3-5-15(22)6-4-13)12-19(21(18)26)24-17-9-7-16(23)8-10-17/h3-10,12,25H,2,11,22-23H2,1H3. The number of nitrogens with zero attached hydrogens (tertiary/aromatic N) is 1. The summed E-state index contributed by atoms with van der Waals surface area (Å²) in [7, 11) is 0. The van der Waals surface area contributed by atoms with Gasteiger partial charge >= 0.3 is 0 Å². The zero-order chi connectivity index (χ0) is 18.7. The monoisotopic (exact) mass is 347 g/mol. The number of ketones is 1. The first-order chi connectivity index (χ1) is 12.5. The lowest BCUT2D eigenvalue weighted by atomic mass is 9.89. The van der Waals surface area contributed by atoms with E-state index in [1.807, 2.05) is 31.2 Å². The van der Waals surface area contributed by atoms with Crippen LogP contribution in [0.15, 0.2) is 76.5 Å². The number of hydrogen-bond donors (Lipinski definition) is 3. The van der Waals surface area contributed by atoms with Gasteiger partial charge in [-0.2, -0.15) is 0 Å². The smallest absolute Gasteiger partial charge is 0.211 e. The summed E-state index contributed by atoms with van der Waals surface area (Å²) in [4.78, 5) is 17.1. The summed E-state index contributed by atoms with van der Waals surface area (Å²) in [5.41, 5.74) is 15.7. The van der Waals surface area contributed by atoms with Crippen molar-refractivity contribution in [3.05, 3.63) is 77.1 Å². The summed E-state index contributed by atoms with van der Waals surface area (Å²) in [5, 5.41) is 10.5. The molecule has 1 aliphatic rings. The maximum absolute atomic E-state index is 12.6. The summed E-state index contributed by atoms with van der Waals surface area (Å²) in [6.45, 7) is 1.84. The zero-order valence-electron chi connectivity index (χ0n) is 14.6. The van der Waals surface area contributed by atoms with Crippen molar-refractivity contribution in [1.29, 1.82) is 0 Å². The Kier molecular flexibility index (Phi) is 4.89. The quantitative estimate of drug-likeness (QED) is 0.576. The van der Waals surface area contributed by atoms with Gasteiger partial charge in [0.2, 0.25) is 5.78 Å². The van der Waals surface area contributed by atoms with Gasteiger partial charge in [-0.1, -0.05) is 19.1 Å². The van der Waals surface area contributed by atoms with E-state index >= 15 is 0 Å². The van der Waals surface area contributed by atoms with Crippen molar-refractivity contribution >= 4 is 28.6 Å². The molecule has 0 fully saturated rings. The molecule has 2 aromatic carbocycles. The molecule has 5 nitrogen and oxygen atoms in total. The first-order valence-electron chi connectivity index (χ1n) is 8.44. The average Bonchev–Trinajstić information content (AvgIpc) is 2.63. The minimum absolute atomic E-state index is 0.0468. The van der Waals surface area contributed by atoms with E-state index in [1.165, 1.54) is 0 Å². The fraction of sp³-hybridized carbons (Fsp3) is 0.143. The number of anilines is 2. The van der Waals surface area contributed by atoms with Crippen LogP contribution >= 0.6 is 0 Å². The number of hydrogen-bond acceptors (Lipinski definition) is 5. The number of carbonyl (C=O) groups excluding carboxylic acids is 1. The molecule has 0 aromatic heterocycles. The van der Waals surface area contributed by atoms with E-state index in [-0.39, 0.29) is 11.5 Å². The van der Waals surface area contributed by atoms with Gasteiger partial charge in [-0.15, -0.1) is 0 Å². The van der Waals surface area contributed by atoms with Crippen LogP contribution < -0.4 is 11.5 Å². The number of Topliss-reactive ketones (excluding diaryl/α,β-unsaturated/α-hetero) is 1. The molecular formula is C21H21N3O2. The summed E-state index contributed by atoms with van der Waals surface area (Å²) in [5.74, 6) is -0.200. The summed E-state index contributed by atoms with van der Waals surface area (Å²) >= 11 is 0. The molecule has 0 amide bonds. The van der Waals surface area contributed by atoms with E-state index in [0.717, 1.165) is 5.56 Å². The van der Waals surface area contributed by atoms with Crippen LogP contribution in [0.4, 0.5) is 17.1 Å². The molecular weight excluding hydrogens is 326 g/mol. The topological polar surface area (TPSA) is 102 Å². The van der Waals surface area contributed by atoms with Crippen LogP contribution in [0, 0.1) is 0 Å². The van der Waals surface area contributed by atoms with Gasteiger partial charge in [0.25, 0.3) is 0 Å². The predicted octanol–water partition coefficient (Wildman–Crippen LogP) is 3.90. The lowest BCUT2D eigenvalue weighted by Gasteiger charge is -2.17. The fourth-order valence-corrected chi connectivity index (χ4v) is 2.84. The second kappa shape index (κ2) is 7.27. The highest BCUT2D eigenvalue weighted by Crippen LogP contribution is 2.27. The van der Waals surface area contributed by atoms with Crippen LogP contribution in [0.2, 0.25) is 0 Å². The van der Waals surface area contributed by atoms with Crippen molar-refractivity contribution in [2.75, 3.05) is 11.5 Å². The Morgan fingerprint density at radius 3 is 2.12 bits per heavy atom. The van der Waals surface area contributed by atoms with Crippen LogP contribution in [0.1, 0.15) is 18.9 Å². The Bertz CT molecular complexity index is 921. The number of aliphatic hydroxyl groups excluding tert-OH is 1. The molecule has 0 heterocycles. The third-order valence-electron chi connectivity index (χ3n) is 4.28. The molecule has 0 saturated carbocycles. The van der Waals surface area contributed by atoms with Gasteiger partial charge in [0.1, 0.15) is 11.5 Å². The molecule has 0 spiro atoms. The third-order valence-corrected chi connectivity index (χ3v) is 4.28. The number of benzene rings is 2. The van der Waals surface area contributed by atoms with Crippen molar-refractivity contribution in [1.82, 2.24) is 0 Å². The van der Waals surface area contributed by atoms with Crippen molar-refractivity contribution in [2.45, 2.75) is 19.8 Å². The van der Waals surface area contributed by atoms with Gasteiger partial charge in [0.15, 0.2) is 0 Å². The van der Waals surface area contributed by atoms with Gasteiger partial charge < -0.3 is 16.6 Å². The number of nitrogen functional groups attached to an aromatic ring is 2. The number of allylic oxidation sites excluding steroid dienone is 3. The van der Waals surface area contributed by atoms with Crippen LogP contribution in [0.5, 0.6) is 0 Å². The highest BCUT2D eigenvalue weighted by molar-refractivity contribution is 6.51. The SMILES string of the molecule is CCC1=C(O)C(Cc2ccc(N)cc2)=CC(=Nc2ccc(N)cc2)C1=O. The fourth-order valence-electron chi connectivity index (χ4n) is 2.84. The molecule has 5 heteroatoms. The first kappa shape index (κ1) is 17.5. The van der Waals surface area contributed by atoms with Crippen molar-refractivity contribution in [2.24, 2.45) is 4.99 Å². The number of rotatable bonds is 4. The molecule has 0 aliphatic heterocycles. The van der Waals surface area contributed by atoms with Crippen LogP contribution in [-0.4, -0.2) is 16.6 Å². The van der Waals surface area contributed by atoms with Crippen molar-refractivity contribution in [3.63, 3.8) is 0 Å². The second-order valence-electron chi connectivity index (χ2n) is 6.19. The number of carbonyl (C=O) groups is 1. The third kappa shape index (κ3) is 3.67. The zero-order valence-corrected chi connectivity index (χ0v) is 14.6. The number of aliphatic imine (C=N–C) groups is 1. The minimum Gasteiger partial charge on any atom is -0.507 e. The van der Waals surface area contributed by atoms with E-state index in [1.54, 1.807) is 30.3 Å².